The van der Waals surface area contributed by atoms with Gasteiger partial charge in [0.15, 0.2) is 0 Å². The van der Waals surface area contributed by atoms with E-state index < -0.39 is 0 Å². The Morgan fingerprint density at radius 2 is 2.12 bits per heavy atom. The minimum Gasteiger partial charge on any atom is -0.368 e. The van der Waals surface area contributed by atoms with Gasteiger partial charge >= 0.3 is 0 Å². The molecule has 25 heavy (non-hydrogen) atoms. The van der Waals surface area contributed by atoms with Gasteiger partial charge in [0.1, 0.15) is 11.6 Å². The minimum atomic E-state index is -0.305. The largest absolute Gasteiger partial charge is 0.368 e. The highest BCUT2D eigenvalue weighted by Crippen LogP contribution is 2.36. The van der Waals surface area contributed by atoms with Gasteiger partial charge in [-0.05, 0) is 42.7 Å². The number of nitrogens with one attached hydrogen (secondary N) is 1. The van der Waals surface area contributed by atoms with E-state index in [1.165, 1.54) is 24.2 Å². The van der Waals surface area contributed by atoms with Crippen LogP contribution < -0.4 is 5.32 Å². The lowest BCUT2D eigenvalue weighted by atomic mass is 9.89. The van der Waals surface area contributed by atoms with Gasteiger partial charge in [-0.1, -0.05) is 0 Å². The fourth-order valence-corrected chi connectivity index (χ4v) is 4.73. The molecular weight excluding hydrogens is 338 g/mol. The van der Waals surface area contributed by atoms with Gasteiger partial charge in [0, 0.05) is 20.1 Å². The van der Waals surface area contributed by atoms with Crippen LogP contribution >= 0.6 is 11.3 Å². The first kappa shape index (κ1) is 17.0. The lowest BCUT2D eigenvalue weighted by Gasteiger charge is -2.55. The number of thiophene rings is 1. The molecule has 1 aromatic heterocycles. The Morgan fingerprint density at radius 3 is 2.72 bits per heavy atom. The number of carbonyl (C=O) groups is 2. The van der Waals surface area contributed by atoms with E-state index in [4.69, 9.17) is 4.74 Å². The number of aryl methyl sites for hydroxylation is 1. The first-order valence-corrected chi connectivity index (χ1v) is 9.82. The molecule has 0 unspecified atom stereocenters. The van der Waals surface area contributed by atoms with Crippen molar-refractivity contribution in [3.8, 4) is 0 Å². The Bertz CT molecular complexity index is 679. The topological polar surface area (TPSA) is 61.9 Å². The van der Waals surface area contributed by atoms with Gasteiger partial charge in [-0.25, -0.2) is 0 Å². The van der Waals surface area contributed by atoms with E-state index in [0.29, 0.717) is 25.6 Å². The number of hydrogen-bond donors (Lipinski definition) is 1. The number of nitrogens with zero attached hydrogens (tertiary/aromatic N) is 2. The third-order valence-electron chi connectivity index (χ3n) is 5.52. The Labute approximate surface area is 152 Å². The third kappa shape index (κ3) is 3.20. The maximum absolute atomic E-state index is 12.6. The molecule has 1 spiro atoms. The van der Waals surface area contributed by atoms with E-state index in [1.807, 2.05) is 23.3 Å². The summed E-state index contributed by atoms with van der Waals surface area (Å²) in [7, 11) is 1.68. The lowest BCUT2D eigenvalue weighted by Crippen LogP contribution is -2.73. The summed E-state index contributed by atoms with van der Waals surface area (Å²) in [6, 6.07) is 1.77. The predicted octanol–water partition coefficient (Wildman–Crippen LogP) is 1.11. The molecular formula is C18H25N3O3S. The number of carbonyl (C=O) groups excluding carboxylic acids is 2. The van der Waals surface area contributed by atoms with Crippen LogP contribution in [0.3, 0.4) is 0 Å². The highest BCUT2D eigenvalue weighted by molar-refractivity contribution is 7.12. The first-order valence-electron chi connectivity index (χ1n) is 8.94. The molecule has 6 nitrogen and oxygen atoms in total. The van der Waals surface area contributed by atoms with Crippen molar-refractivity contribution in [2.24, 2.45) is 5.92 Å². The third-order valence-corrected chi connectivity index (χ3v) is 6.52. The molecule has 3 aliphatic rings. The van der Waals surface area contributed by atoms with Crippen LogP contribution in [-0.4, -0.2) is 73.1 Å². The smallest absolute Gasteiger partial charge is 0.264 e. The summed E-state index contributed by atoms with van der Waals surface area (Å²) in [6.45, 7) is 5.31. The molecule has 2 amide bonds. The van der Waals surface area contributed by atoms with Crippen molar-refractivity contribution in [1.29, 1.82) is 0 Å². The molecule has 0 bridgehead atoms. The molecule has 1 N–H and O–H groups in total. The van der Waals surface area contributed by atoms with Gasteiger partial charge in [-0.15, -0.1) is 11.3 Å². The fraction of sp³-hybridized carbons (Fsp3) is 0.667. The zero-order chi connectivity index (χ0) is 17.6. The number of hydrogen-bond acceptors (Lipinski definition) is 5. The van der Waals surface area contributed by atoms with Crippen molar-refractivity contribution >= 4 is 23.2 Å². The molecule has 4 rings (SSSR count). The second-order valence-electron chi connectivity index (χ2n) is 7.59. The van der Waals surface area contributed by atoms with E-state index >= 15 is 0 Å². The highest BCUT2D eigenvalue weighted by atomic mass is 32.1. The molecule has 1 aromatic rings. The molecule has 136 valence electrons. The first-order chi connectivity index (χ1) is 12.0. The number of rotatable bonds is 4. The summed E-state index contributed by atoms with van der Waals surface area (Å²) in [5.41, 5.74) is 0.732. The predicted molar refractivity (Wildman–Crippen MR) is 95.8 cm³/mol. The highest BCUT2D eigenvalue weighted by Gasteiger charge is 2.52. The van der Waals surface area contributed by atoms with Crippen LogP contribution in [0.15, 0.2) is 11.4 Å². The molecule has 7 heteroatoms. The monoisotopic (exact) mass is 363 g/mol. The van der Waals surface area contributed by atoms with E-state index in [1.54, 1.807) is 7.05 Å². The summed E-state index contributed by atoms with van der Waals surface area (Å²) in [4.78, 5) is 29.8. The summed E-state index contributed by atoms with van der Waals surface area (Å²) in [5.74, 6) is 0.842. The molecule has 1 atom stereocenters. The molecule has 2 saturated heterocycles. The minimum absolute atomic E-state index is 0.0250. The number of ether oxygens (including phenoxy) is 1. The molecule has 0 aromatic carbocycles. The van der Waals surface area contributed by atoms with Gasteiger partial charge in [0.05, 0.1) is 24.6 Å². The average molecular weight is 363 g/mol. The van der Waals surface area contributed by atoms with Crippen LogP contribution in [-0.2, 0) is 9.53 Å². The van der Waals surface area contributed by atoms with Crippen molar-refractivity contribution in [3.05, 3.63) is 21.9 Å². The van der Waals surface area contributed by atoms with Crippen LogP contribution in [0.2, 0.25) is 0 Å². The SMILES string of the molecule is CNC(=O)[C@H]1COC2(CN(C(=O)c3sccc3C)C2)CN1CC1CC1. The summed E-state index contributed by atoms with van der Waals surface area (Å²) in [6.07, 6.45) is 2.51. The van der Waals surface area contributed by atoms with Crippen LogP contribution in [0.4, 0.5) is 0 Å². The van der Waals surface area contributed by atoms with Crippen LogP contribution in [0.5, 0.6) is 0 Å². The average Bonchev–Trinajstić information content (AvgIpc) is 3.29. The van der Waals surface area contributed by atoms with E-state index in [2.05, 4.69) is 10.2 Å². The quantitative estimate of drug-likeness (QED) is 0.871. The van der Waals surface area contributed by atoms with Crippen LogP contribution in [0.1, 0.15) is 28.1 Å². The maximum Gasteiger partial charge on any atom is 0.264 e. The van der Waals surface area contributed by atoms with E-state index in [9.17, 15) is 9.59 Å². The number of likely N-dealkylation sites (N-methyl/N-ethyl adjacent to an activating group) is 1. The Morgan fingerprint density at radius 1 is 1.36 bits per heavy atom. The summed E-state index contributed by atoms with van der Waals surface area (Å²) in [5, 5.41) is 4.71. The number of morpholine rings is 1. The molecule has 2 aliphatic heterocycles. The summed E-state index contributed by atoms with van der Waals surface area (Å²) >= 11 is 1.50. The van der Waals surface area contributed by atoms with Crippen molar-refractivity contribution < 1.29 is 14.3 Å². The second kappa shape index (κ2) is 6.37. The zero-order valence-corrected chi connectivity index (χ0v) is 15.6. The van der Waals surface area contributed by atoms with Gasteiger partial charge < -0.3 is 15.0 Å². The molecule has 0 radical (unpaired) electrons. The Kier molecular flexibility index (Phi) is 4.33. The Hall–Kier alpha value is -1.44. The number of likely N-dealkylation sites (tertiary alicyclic amines) is 1. The summed E-state index contributed by atoms with van der Waals surface area (Å²) < 4.78 is 6.10. The normalized spacial score (nSPS) is 25.7. The second-order valence-corrected chi connectivity index (χ2v) is 8.51. The van der Waals surface area contributed by atoms with Crippen molar-refractivity contribution in [1.82, 2.24) is 15.1 Å². The maximum atomic E-state index is 12.6. The van der Waals surface area contributed by atoms with Gasteiger partial charge in [-0.2, -0.15) is 0 Å². The number of amides is 2. The van der Waals surface area contributed by atoms with Gasteiger partial charge in [0.25, 0.3) is 5.91 Å². The Balaban J connectivity index is 1.41. The van der Waals surface area contributed by atoms with Crippen molar-refractivity contribution in [3.63, 3.8) is 0 Å². The van der Waals surface area contributed by atoms with E-state index in [0.717, 1.165) is 23.5 Å². The lowest BCUT2D eigenvalue weighted by molar-refractivity contribution is -0.191. The standard InChI is InChI=1S/C18H25N3O3S/c1-12-5-6-25-15(12)17(23)21-10-18(11-21)9-20(7-13-3-4-13)14(8-24-18)16(22)19-2/h5-6,13-14H,3-4,7-11H2,1-2H3,(H,19,22)/t14-/m1/s1. The zero-order valence-electron chi connectivity index (χ0n) is 14.8. The van der Waals surface area contributed by atoms with Crippen molar-refractivity contribution in [2.45, 2.75) is 31.4 Å². The van der Waals surface area contributed by atoms with Crippen molar-refractivity contribution in [2.75, 3.05) is 39.8 Å². The van der Waals surface area contributed by atoms with Crippen LogP contribution in [0, 0.1) is 12.8 Å². The van der Waals surface area contributed by atoms with Gasteiger partial charge in [-0.3, -0.25) is 14.5 Å². The van der Waals surface area contributed by atoms with E-state index in [-0.39, 0.29) is 23.5 Å². The molecule has 1 aliphatic carbocycles. The molecule has 1 saturated carbocycles. The van der Waals surface area contributed by atoms with Crippen LogP contribution in [0.25, 0.3) is 0 Å². The van der Waals surface area contributed by atoms with Gasteiger partial charge in [0.2, 0.25) is 5.91 Å². The molecule has 3 fully saturated rings. The molecule has 3 heterocycles. The fourth-order valence-electron chi connectivity index (χ4n) is 3.84.